The summed E-state index contributed by atoms with van der Waals surface area (Å²) >= 11 is 3.54. The highest BCUT2D eigenvalue weighted by molar-refractivity contribution is 9.10. The van der Waals surface area contributed by atoms with Crippen LogP contribution >= 0.6 is 15.9 Å². The highest BCUT2D eigenvalue weighted by atomic mass is 79.9. The van der Waals surface area contributed by atoms with E-state index in [-0.39, 0.29) is 10.8 Å². The first-order valence-electron chi connectivity index (χ1n) is 7.20. The number of imidazole rings is 1. The summed E-state index contributed by atoms with van der Waals surface area (Å²) in [5, 5.41) is 0. The molecule has 2 nitrogen and oxygen atoms in total. The zero-order valence-electron chi connectivity index (χ0n) is 13.4. The van der Waals surface area contributed by atoms with E-state index in [9.17, 15) is 0 Å². The Morgan fingerprint density at radius 3 is 2.25 bits per heavy atom. The maximum absolute atomic E-state index is 4.88. The smallest absolute Gasteiger partial charge is 0.110 e. The van der Waals surface area contributed by atoms with E-state index in [1.165, 1.54) is 11.3 Å². The summed E-state index contributed by atoms with van der Waals surface area (Å²) < 4.78 is 3.49. The third-order valence-electron chi connectivity index (χ3n) is 3.11. The second kappa shape index (κ2) is 5.18. The molecule has 0 bridgehead atoms. The minimum absolute atomic E-state index is 0.243. The molecule has 20 heavy (non-hydrogen) atoms. The summed E-state index contributed by atoms with van der Waals surface area (Å²) in [6.07, 6.45) is 0.995. The molecule has 0 saturated heterocycles. The number of aromatic nitrogens is 2. The Morgan fingerprint density at radius 2 is 1.70 bits per heavy atom. The van der Waals surface area contributed by atoms with E-state index in [2.05, 4.69) is 80.2 Å². The van der Waals surface area contributed by atoms with E-state index < -0.39 is 0 Å². The molecule has 0 saturated carbocycles. The van der Waals surface area contributed by atoms with E-state index in [0.29, 0.717) is 0 Å². The van der Waals surface area contributed by atoms with Crippen LogP contribution in [0.2, 0.25) is 0 Å². The van der Waals surface area contributed by atoms with Crippen LogP contribution < -0.4 is 0 Å². The fourth-order valence-corrected chi connectivity index (χ4v) is 2.76. The zero-order valence-corrected chi connectivity index (χ0v) is 15.0. The number of halogens is 1. The Kier molecular flexibility index (Phi) is 4.03. The van der Waals surface area contributed by atoms with Crippen LogP contribution in [0.3, 0.4) is 0 Å². The number of rotatable bonds is 2. The van der Waals surface area contributed by atoms with Gasteiger partial charge < -0.3 is 4.57 Å². The minimum atomic E-state index is 0.243. The first-order valence-corrected chi connectivity index (χ1v) is 7.99. The van der Waals surface area contributed by atoms with Crippen LogP contribution in [0.1, 0.15) is 47.4 Å². The molecule has 2 aromatic rings. The van der Waals surface area contributed by atoms with Crippen molar-refractivity contribution in [2.45, 2.75) is 54.5 Å². The highest BCUT2D eigenvalue weighted by Gasteiger charge is 2.21. The van der Waals surface area contributed by atoms with E-state index in [1.54, 1.807) is 0 Å². The zero-order chi connectivity index (χ0) is 15.1. The summed E-state index contributed by atoms with van der Waals surface area (Å²) in [5.74, 6) is 1.19. The van der Waals surface area contributed by atoms with Gasteiger partial charge in [0.1, 0.15) is 5.82 Å². The number of fused-ring (bicyclic) bond motifs is 1. The van der Waals surface area contributed by atoms with Gasteiger partial charge in [-0.25, -0.2) is 4.98 Å². The molecule has 2 rings (SSSR count). The van der Waals surface area contributed by atoms with Crippen molar-refractivity contribution in [1.82, 2.24) is 9.55 Å². The average Bonchev–Trinajstić information content (AvgIpc) is 2.51. The monoisotopic (exact) mass is 336 g/mol. The van der Waals surface area contributed by atoms with Gasteiger partial charge >= 0.3 is 0 Å². The molecule has 0 fully saturated rings. The summed E-state index contributed by atoms with van der Waals surface area (Å²) in [6.45, 7) is 14.6. The van der Waals surface area contributed by atoms with E-state index in [1.807, 2.05) is 0 Å². The van der Waals surface area contributed by atoms with Gasteiger partial charge in [-0.3, -0.25) is 0 Å². The van der Waals surface area contributed by atoms with Crippen molar-refractivity contribution in [3.63, 3.8) is 0 Å². The Hall–Kier alpha value is -0.830. The number of hydrogen-bond acceptors (Lipinski definition) is 1. The topological polar surface area (TPSA) is 17.8 Å². The van der Waals surface area contributed by atoms with Crippen LogP contribution in [0, 0.1) is 10.8 Å². The molecule has 110 valence electrons. The lowest BCUT2D eigenvalue weighted by Crippen LogP contribution is -2.20. The Morgan fingerprint density at radius 1 is 1.05 bits per heavy atom. The largest absolute Gasteiger partial charge is 0.327 e. The number of hydrogen-bond donors (Lipinski definition) is 0. The fourth-order valence-electron chi connectivity index (χ4n) is 2.41. The molecule has 0 spiro atoms. The van der Waals surface area contributed by atoms with Crippen molar-refractivity contribution in [1.29, 1.82) is 0 Å². The van der Waals surface area contributed by atoms with Gasteiger partial charge in [0.25, 0.3) is 0 Å². The third-order valence-corrected chi connectivity index (χ3v) is 3.60. The SMILES string of the molecule is CC(C)(C)Cc1nc2cc(Br)ccc2n1CC(C)(C)C. The molecule has 0 aliphatic carbocycles. The second-order valence-electron chi connectivity index (χ2n) is 8.05. The first kappa shape index (κ1) is 15.6. The van der Waals surface area contributed by atoms with Gasteiger partial charge in [-0.15, -0.1) is 0 Å². The van der Waals surface area contributed by atoms with Crippen LogP contribution in [0.5, 0.6) is 0 Å². The van der Waals surface area contributed by atoms with Crippen LogP contribution in [-0.2, 0) is 13.0 Å². The van der Waals surface area contributed by atoms with Crippen LogP contribution in [-0.4, -0.2) is 9.55 Å². The Bertz CT molecular complexity index is 612. The lowest BCUT2D eigenvalue weighted by molar-refractivity contribution is 0.328. The van der Waals surface area contributed by atoms with Crippen molar-refractivity contribution in [2.24, 2.45) is 10.8 Å². The molecule has 0 radical (unpaired) electrons. The van der Waals surface area contributed by atoms with Gasteiger partial charge in [0.2, 0.25) is 0 Å². The summed E-state index contributed by atoms with van der Waals surface area (Å²) in [5.41, 5.74) is 2.81. The number of nitrogens with zero attached hydrogens (tertiary/aromatic N) is 2. The molecular formula is C17H25BrN2. The molecule has 1 heterocycles. The van der Waals surface area contributed by atoms with Crippen molar-refractivity contribution < 1.29 is 0 Å². The van der Waals surface area contributed by atoms with Crippen molar-refractivity contribution in [3.8, 4) is 0 Å². The van der Waals surface area contributed by atoms with E-state index in [0.717, 1.165) is 23.0 Å². The lowest BCUT2D eigenvalue weighted by Gasteiger charge is -2.24. The normalized spacial score (nSPS) is 13.2. The Balaban J connectivity index is 2.56. The fraction of sp³-hybridized carbons (Fsp3) is 0.588. The highest BCUT2D eigenvalue weighted by Crippen LogP contribution is 2.28. The minimum Gasteiger partial charge on any atom is -0.327 e. The van der Waals surface area contributed by atoms with Gasteiger partial charge in [0.05, 0.1) is 11.0 Å². The molecule has 0 N–H and O–H groups in total. The van der Waals surface area contributed by atoms with Crippen molar-refractivity contribution >= 4 is 27.0 Å². The summed E-state index contributed by atoms with van der Waals surface area (Å²) in [4.78, 5) is 4.88. The molecule has 0 amide bonds. The van der Waals surface area contributed by atoms with Gasteiger partial charge in [0, 0.05) is 17.4 Å². The first-order chi connectivity index (χ1) is 9.05. The molecule has 3 heteroatoms. The molecule has 0 aliphatic rings. The van der Waals surface area contributed by atoms with E-state index in [4.69, 9.17) is 4.98 Å². The quantitative estimate of drug-likeness (QED) is 0.714. The van der Waals surface area contributed by atoms with Gasteiger partial charge in [-0.1, -0.05) is 57.5 Å². The van der Waals surface area contributed by atoms with Crippen molar-refractivity contribution in [2.75, 3.05) is 0 Å². The Labute approximate surface area is 130 Å². The van der Waals surface area contributed by atoms with Crippen LogP contribution in [0.15, 0.2) is 22.7 Å². The molecule has 0 aliphatic heterocycles. The van der Waals surface area contributed by atoms with E-state index >= 15 is 0 Å². The molecule has 1 aromatic carbocycles. The predicted octanol–water partition coefficient (Wildman–Crippen LogP) is 5.43. The molecule has 1 aromatic heterocycles. The maximum atomic E-state index is 4.88. The maximum Gasteiger partial charge on any atom is 0.110 e. The molecule has 0 unspecified atom stereocenters. The average molecular weight is 337 g/mol. The van der Waals surface area contributed by atoms with Crippen LogP contribution in [0.4, 0.5) is 0 Å². The van der Waals surface area contributed by atoms with Gasteiger partial charge in [-0.05, 0) is 29.0 Å². The lowest BCUT2D eigenvalue weighted by atomic mass is 9.91. The number of benzene rings is 1. The molecule has 0 atom stereocenters. The van der Waals surface area contributed by atoms with Crippen LogP contribution in [0.25, 0.3) is 11.0 Å². The predicted molar refractivity (Wildman–Crippen MR) is 90.0 cm³/mol. The summed E-state index contributed by atoms with van der Waals surface area (Å²) in [6, 6.07) is 6.38. The van der Waals surface area contributed by atoms with Gasteiger partial charge in [0.15, 0.2) is 0 Å². The molecular weight excluding hydrogens is 312 g/mol. The third kappa shape index (κ3) is 3.85. The summed E-state index contributed by atoms with van der Waals surface area (Å²) in [7, 11) is 0. The van der Waals surface area contributed by atoms with Gasteiger partial charge in [-0.2, -0.15) is 0 Å². The second-order valence-corrected chi connectivity index (χ2v) is 8.96. The standard InChI is InChI=1S/C17H25BrN2/c1-16(2,3)10-15-19-13-9-12(18)7-8-14(13)20(15)11-17(4,5)6/h7-9H,10-11H2,1-6H3. The van der Waals surface area contributed by atoms with Crippen molar-refractivity contribution in [3.05, 3.63) is 28.5 Å².